The Hall–Kier alpha value is -1.89. The molecule has 92 valence electrons. The Kier molecular flexibility index (Phi) is 4.30. The number of hydrogen-bond donors (Lipinski definition) is 2. The summed E-state index contributed by atoms with van der Waals surface area (Å²) < 4.78 is 0. The number of nitrogens with two attached hydrogens (primary N) is 1. The fourth-order valence-electron chi connectivity index (χ4n) is 2.00. The molecule has 0 amide bonds. The lowest BCUT2D eigenvalue weighted by Crippen LogP contribution is -2.27. The number of hydrogen-bond acceptors (Lipinski definition) is 3. The highest BCUT2D eigenvalue weighted by molar-refractivity contribution is 5.79. The molecule has 2 rings (SSSR count). The van der Waals surface area contributed by atoms with Crippen molar-refractivity contribution in [3.05, 3.63) is 42.1 Å². The second-order valence-electron chi connectivity index (χ2n) is 4.14. The highest BCUT2D eigenvalue weighted by atomic mass is 15.2. The van der Waals surface area contributed by atoms with E-state index in [1.165, 1.54) is 5.56 Å². The number of rotatable bonds is 4. The SMILES string of the molecule is CC#CCCC(NN)c1ccc2ncccc2c1. The summed E-state index contributed by atoms with van der Waals surface area (Å²) in [4.78, 5) is 4.31. The molecular weight excluding hydrogens is 222 g/mol. The van der Waals surface area contributed by atoms with Crippen molar-refractivity contribution in [2.45, 2.75) is 25.8 Å². The molecule has 3 nitrogen and oxygen atoms in total. The molecule has 1 unspecified atom stereocenters. The van der Waals surface area contributed by atoms with Crippen molar-refractivity contribution in [3.8, 4) is 11.8 Å². The lowest BCUT2D eigenvalue weighted by atomic mass is 10.0. The second kappa shape index (κ2) is 6.15. The molecule has 0 aliphatic heterocycles. The van der Waals surface area contributed by atoms with Crippen molar-refractivity contribution < 1.29 is 0 Å². The predicted octanol–water partition coefficient (Wildman–Crippen LogP) is 2.54. The van der Waals surface area contributed by atoms with Crippen molar-refractivity contribution in [1.82, 2.24) is 10.4 Å². The van der Waals surface area contributed by atoms with E-state index in [0.717, 1.165) is 23.7 Å². The third-order valence-corrected chi connectivity index (χ3v) is 2.97. The van der Waals surface area contributed by atoms with Gasteiger partial charge in [-0.25, -0.2) is 0 Å². The molecule has 1 aromatic heterocycles. The standard InChI is InChI=1S/C15H17N3/c1-2-3-4-7-15(18-16)13-8-9-14-12(11-13)6-5-10-17-14/h5-6,8-11,15,18H,4,7,16H2,1H3. The highest BCUT2D eigenvalue weighted by Gasteiger charge is 2.09. The van der Waals surface area contributed by atoms with Crippen LogP contribution in [0.25, 0.3) is 10.9 Å². The first kappa shape index (κ1) is 12.6. The molecule has 0 bridgehead atoms. The van der Waals surface area contributed by atoms with E-state index in [9.17, 15) is 0 Å². The first-order chi connectivity index (χ1) is 8.85. The van der Waals surface area contributed by atoms with Crippen LogP contribution >= 0.6 is 0 Å². The van der Waals surface area contributed by atoms with Gasteiger partial charge in [0.1, 0.15) is 0 Å². The van der Waals surface area contributed by atoms with Crippen LogP contribution in [0.5, 0.6) is 0 Å². The average molecular weight is 239 g/mol. The van der Waals surface area contributed by atoms with Gasteiger partial charge in [-0.1, -0.05) is 12.1 Å². The zero-order valence-corrected chi connectivity index (χ0v) is 10.5. The number of nitrogens with zero attached hydrogens (tertiary/aromatic N) is 1. The quantitative estimate of drug-likeness (QED) is 0.490. The summed E-state index contributed by atoms with van der Waals surface area (Å²) in [5, 5.41) is 1.14. The molecule has 1 atom stereocenters. The third-order valence-electron chi connectivity index (χ3n) is 2.97. The summed E-state index contributed by atoms with van der Waals surface area (Å²) in [6.07, 6.45) is 3.55. The minimum Gasteiger partial charge on any atom is -0.271 e. The number of hydrazine groups is 1. The van der Waals surface area contributed by atoms with E-state index in [4.69, 9.17) is 5.84 Å². The van der Waals surface area contributed by atoms with Gasteiger partial charge < -0.3 is 0 Å². The maximum absolute atomic E-state index is 5.62. The monoisotopic (exact) mass is 239 g/mol. The van der Waals surface area contributed by atoms with Crippen LogP contribution in [-0.2, 0) is 0 Å². The number of nitrogens with one attached hydrogen (secondary N) is 1. The largest absolute Gasteiger partial charge is 0.271 e. The molecule has 1 aromatic carbocycles. The summed E-state index contributed by atoms with van der Waals surface area (Å²) in [6, 6.07) is 10.4. The van der Waals surface area contributed by atoms with Gasteiger partial charge in [-0.2, -0.15) is 0 Å². The van der Waals surface area contributed by atoms with E-state index in [0.29, 0.717) is 0 Å². The maximum atomic E-state index is 5.62. The molecule has 0 radical (unpaired) electrons. The zero-order chi connectivity index (χ0) is 12.8. The summed E-state index contributed by atoms with van der Waals surface area (Å²) in [6.45, 7) is 1.85. The Morgan fingerprint density at radius 3 is 3.06 bits per heavy atom. The van der Waals surface area contributed by atoms with Crippen molar-refractivity contribution in [2.75, 3.05) is 0 Å². The van der Waals surface area contributed by atoms with Crippen LogP contribution in [-0.4, -0.2) is 4.98 Å². The zero-order valence-electron chi connectivity index (χ0n) is 10.5. The van der Waals surface area contributed by atoms with Gasteiger partial charge in [-0.3, -0.25) is 16.3 Å². The van der Waals surface area contributed by atoms with Crippen molar-refractivity contribution in [3.63, 3.8) is 0 Å². The molecule has 0 aliphatic carbocycles. The Labute approximate surface area is 107 Å². The van der Waals surface area contributed by atoms with Crippen molar-refractivity contribution in [1.29, 1.82) is 0 Å². The van der Waals surface area contributed by atoms with E-state index >= 15 is 0 Å². The van der Waals surface area contributed by atoms with Gasteiger partial charge in [-0.05, 0) is 37.1 Å². The Morgan fingerprint density at radius 1 is 1.39 bits per heavy atom. The van der Waals surface area contributed by atoms with Crippen LogP contribution in [0, 0.1) is 11.8 Å². The van der Waals surface area contributed by atoms with Gasteiger partial charge in [0.15, 0.2) is 0 Å². The average Bonchev–Trinajstić information content (AvgIpc) is 2.43. The molecular formula is C15H17N3. The maximum Gasteiger partial charge on any atom is 0.0702 e. The summed E-state index contributed by atoms with van der Waals surface area (Å²) in [5.41, 5.74) is 5.04. The summed E-state index contributed by atoms with van der Waals surface area (Å²) in [5.74, 6) is 11.6. The normalized spacial score (nSPS) is 11.9. The fourth-order valence-corrected chi connectivity index (χ4v) is 2.00. The van der Waals surface area contributed by atoms with Crippen LogP contribution in [0.2, 0.25) is 0 Å². The predicted molar refractivity (Wildman–Crippen MR) is 74.5 cm³/mol. The van der Waals surface area contributed by atoms with Crippen LogP contribution < -0.4 is 11.3 Å². The summed E-state index contributed by atoms with van der Waals surface area (Å²) >= 11 is 0. The molecule has 0 spiro atoms. The van der Waals surface area contributed by atoms with Crippen molar-refractivity contribution >= 4 is 10.9 Å². The molecule has 2 aromatic rings. The lowest BCUT2D eigenvalue weighted by Gasteiger charge is -2.15. The van der Waals surface area contributed by atoms with Gasteiger partial charge in [-0.15, -0.1) is 11.8 Å². The van der Waals surface area contributed by atoms with Gasteiger partial charge in [0.2, 0.25) is 0 Å². The number of benzene rings is 1. The first-order valence-electron chi connectivity index (χ1n) is 6.05. The smallest absolute Gasteiger partial charge is 0.0702 e. The minimum absolute atomic E-state index is 0.135. The van der Waals surface area contributed by atoms with Gasteiger partial charge in [0.25, 0.3) is 0 Å². The molecule has 0 saturated heterocycles. The Balaban J connectivity index is 2.23. The van der Waals surface area contributed by atoms with E-state index < -0.39 is 0 Å². The van der Waals surface area contributed by atoms with Gasteiger partial charge in [0, 0.05) is 24.0 Å². The lowest BCUT2D eigenvalue weighted by molar-refractivity contribution is 0.524. The molecule has 1 heterocycles. The molecule has 0 fully saturated rings. The van der Waals surface area contributed by atoms with Crippen LogP contribution in [0.15, 0.2) is 36.5 Å². The molecule has 0 saturated carbocycles. The van der Waals surface area contributed by atoms with Gasteiger partial charge >= 0.3 is 0 Å². The van der Waals surface area contributed by atoms with E-state index in [2.05, 4.69) is 40.4 Å². The molecule has 3 N–H and O–H groups in total. The third kappa shape index (κ3) is 2.86. The Morgan fingerprint density at radius 2 is 2.28 bits per heavy atom. The van der Waals surface area contributed by atoms with Crippen molar-refractivity contribution in [2.24, 2.45) is 5.84 Å². The van der Waals surface area contributed by atoms with Crippen LogP contribution in [0.3, 0.4) is 0 Å². The molecule has 0 aliphatic rings. The Bertz CT molecular complexity index is 581. The second-order valence-corrected chi connectivity index (χ2v) is 4.14. The summed E-state index contributed by atoms with van der Waals surface area (Å²) in [7, 11) is 0. The minimum atomic E-state index is 0.135. The van der Waals surface area contributed by atoms with E-state index in [1.807, 2.05) is 19.1 Å². The topological polar surface area (TPSA) is 50.9 Å². The van der Waals surface area contributed by atoms with Crippen LogP contribution in [0.4, 0.5) is 0 Å². The molecule has 3 heteroatoms. The van der Waals surface area contributed by atoms with E-state index in [1.54, 1.807) is 6.20 Å². The first-order valence-corrected chi connectivity index (χ1v) is 6.05. The number of pyridine rings is 1. The fraction of sp³-hybridized carbons (Fsp3) is 0.267. The number of aromatic nitrogens is 1. The van der Waals surface area contributed by atoms with Crippen LogP contribution in [0.1, 0.15) is 31.4 Å². The highest BCUT2D eigenvalue weighted by Crippen LogP contribution is 2.21. The number of fused-ring (bicyclic) bond motifs is 1. The molecule has 18 heavy (non-hydrogen) atoms. The van der Waals surface area contributed by atoms with Gasteiger partial charge in [0.05, 0.1) is 5.52 Å². The van der Waals surface area contributed by atoms with E-state index in [-0.39, 0.29) is 6.04 Å².